The van der Waals surface area contributed by atoms with Crippen molar-refractivity contribution < 1.29 is 28.8 Å². The number of rotatable bonds is 0. The maximum absolute atomic E-state index is 8.52. The topological polar surface area (TPSA) is 40.5 Å². The Morgan fingerprint density at radius 2 is 0.655 bits per heavy atom. The molecule has 2 rings (SSSR count). The van der Waals surface area contributed by atoms with Gasteiger partial charge in [0.05, 0.1) is 11.2 Å². The Balaban J connectivity index is -0.000000321. The normalized spacial score (nSPS) is 10.1. The molecule has 0 heterocycles. The number of hydrogen-bond acceptors (Lipinski definition) is 2. The first-order chi connectivity index (χ1) is 12.4. The van der Waals surface area contributed by atoms with Crippen molar-refractivity contribution in [2.45, 2.75) is 94.3 Å². The van der Waals surface area contributed by atoms with Gasteiger partial charge >= 0.3 is 18.6 Å². The summed E-state index contributed by atoms with van der Waals surface area (Å²) < 4.78 is 0. The van der Waals surface area contributed by atoms with E-state index in [1.807, 2.05) is 0 Å². The van der Waals surface area contributed by atoms with E-state index in [9.17, 15) is 0 Å². The molecule has 0 atom stereocenters. The van der Waals surface area contributed by atoms with Crippen LogP contribution in [0.15, 0.2) is 24.3 Å². The van der Waals surface area contributed by atoms with Crippen molar-refractivity contribution >= 4 is 0 Å². The van der Waals surface area contributed by atoms with Crippen molar-refractivity contribution in [2.75, 3.05) is 0 Å². The molecule has 3 heteroatoms. The van der Waals surface area contributed by atoms with Gasteiger partial charge < -0.3 is 10.2 Å². The summed E-state index contributed by atoms with van der Waals surface area (Å²) in [5, 5.41) is 17.0. The summed E-state index contributed by atoms with van der Waals surface area (Å²) in [5.41, 5.74) is 6.56. The van der Waals surface area contributed by atoms with Gasteiger partial charge in [-0.05, 0) is 41.5 Å². The van der Waals surface area contributed by atoms with Crippen LogP contribution in [0.25, 0.3) is 0 Å². The third kappa shape index (κ3) is 31.8. The quantitative estimate of drug-likeness (QED) is 0.470. The minimum atomic E-state index is -0.500. The molecule has 0 saturated heterocycles. The summed E-state index contributed by atoms with van der Waals surface area (Å²) in [4.78, 5) is 0. The van der Waals surface area contributed by atoms with Gasteiger partial charge in [-0.1, -0.05) is 41.5 Å². The number of aliphatic hydroxyl groups is 2. The second kappa shape index (κ2) is 14.9. The SMILES string of the molecule is CC(C)(C)O.CC(C)(C)O.Cc1[c-]c(C)cc(C)c1.Cc1[c-]c(C)cc(C)c1.[V+2]. The van der Waals surface area contributed by atoms with Gasteiger partial charge in [-0.3, -0.25) is 0 Å². The van der Waals surface area contributed by atoms with Crippen molar-refractivity contribution in [1.82, 2.24) is 0 Å². The Hall–Kier alpha value is -1.06. The first-order valence-corrected chi connectivity index (χ1v) is 9.76. The molecule has 0 amide bonds. The zero-order chi connectivity index (χ0) is 22.7. The smallest absolute Gasteiger partial charge is 0.391 e. The molecule has 2 aromatic carbocycles. The van der Waals surface area contributed by atoms with Gasteiger partial charge in [-0.15, -0.1) is 0 Å². The maximum Gasteiger partial charge on any atom is 2.00 e. The third-order valence-corrected chi connectivity index (χ3v) is 2.57. The van der Waals surface area contributed by atoms with E-state index < -0.39 is 11.2 Å². The Labute approximate surface area is 192 Å². The van der Waals surface area contributed by atoms with Crippen LogP contribution in [0.2, 0.25) is 0 Å². The van der Waals surface area contributed by atoms with Gasteiger partial charge in [0.15, 0.2) is 0 Å². The number of aryl methyl sites for hydroxylation is 6. The van der Waals surface area contributed by atoms with E-state index in [4.69, 9.17) is 10.2 Å². The molecule has 2 aromatic rings. The fraction of sp³-hybridized carbons (Fsp3) is 0.538. The Morgan fingerprint density at radius 3 is 0.759 bits per heavy atom. The van der Waals surface area contributed by atoms with E-state index in [0.717, 1.165) is 0 Å². The predicted octanol–water partition coefficient (Wildman–Crippen LogP) is 6.38. The molecule has 0 aromatic heterocycles. The summed E-state index contributed by atoms with van der Waals surface area (Å²) in [6.45, 7) is 22.9. The van der Waals surface area contributed by atoms with Crippen LogP contribution in [0.4, 0.5) is 0 Å². The van der Waals surface area contributed by atoms with Crippen molar-refractivity contribution in [2.24, 2.45) is 0 Å². The summed E-state index contributed by atoms with van der Waals surface area (Å²) in [6, 6.07) is 14.9. The molecule has 0 saturated carbocycles. The van der Waals surface area contributed by atoms with Gasteiger partial charge in [0, 0.05) is 0 Å². The average molecular weight is 438 g/mol. The molecule has 0 aliphatic rings. The van der Waals surface area contributed by atoms with Crippen LogP contribution in [0, 0.1) is 53.7 Å². The van der Waals surface area contributed by atoms with Crippen LogP contribution >= 0.6 is 0 Å². The third-order valence-electron chi connectivity index (χ3n) is 2.57. The zero-order valence-electron chi connectivity index (χ0n) is 20.7. The monoisotopic (exact) mass is 437 g/mol. The van der Waals surface area contributed by atoms with Crippen LogP contribution in [-0.4, -0.2) is 21.4 Å². The van der Waals surface area contributed by atoms with Crippen molar-refractivity contribution in [1.29, 1.82) is 0 Å². The Kier molecular flexibility index (Phi) is 16.7. The maximum atomic E-state index is 8.52. The molecule has 0 unspecified atom stereocenters. The molecule has 0 fully saturated rings. The summed E-state index contributed by atoms with van der Waals surface area (Å²) in [6.07, 6.45) is 0. The number of hydrogen-bond donors (Lipinski definition) is 2. The van der Waals surface area contributed by atoms with Crippen LogP contribution < -0.4 is 0 Å². The van der Waals surface area contributed by atoms with E-state index in [0.29, 0.717) is 0 Å². The van der Waals surface area contributed by atoms with Gasteiger partial charge in [0.25, 0.3) is 0 Å². The van der Waals surface area contributed by atoms with Gasteiger partial charge in [-0.2, -0.15) is 69.8 Å². The van der Waals surface area contributed by atoms with Crippen molar-refractivity contribution in [3.63, 3.8) is 0 Å². The summed E-state index contributed by atoms with van der Waals surface area (Å²) in [7, 11) is 0. The first kappa shape index (κ1) is 32.6. The molecule has 2 nitrogen and oxygen atoms in total. The molecule has 29 heavy (non-hydrogen) atoms. The second-order valence-corrected chi connectivity index (χ2v) is 9.39. The summed E-state index contributed by atoms with van der Waals surface area (Å²) >= 11 is 0. The van der Waals surface area contributed by atoms with Crippen LogP contribution in [0.3, 0.4) is 0 Å². The molecular weight excluding hydrogens is 395 g/mol. The van der Waals surface area contributed by atoms with Crippen molar-refractivity contribution in [3.8, 4) is 0 Å². The van der Waals surface area contributed by atoms with Gasteiger partial charge in [0.2, 0.25) is 0 Å². The fourth-order valence-electron chi connectivity index (χ4n) is 2.22. The molecule has 0 aliphatic carbocycles. The van der Waals surface area contributed by atoms with Crippen LogP contribution in [0.1, 0.15) is 74.9 Å². The van der Waals surface area contributed by atoms with Gasteiger partial charge in [0.1, 0.15) is 0 Å². The Bertz CT molecular complexity index is 518. The van der Waals surface area contributed by atoms with Gasteiger partial charge in [-0.25, -0.2) is 0 Å². The number of benzene rings is 2. The minimum Gasteiger partial charge on any atom is -0.391 e. The molecule has 0 bridgehead atoms. The molecule has 0 spiro atoms. The zero-order valence-corrected chi connectivity index (χ0v) is 22.0. The van der Waals surface area contributed by atoms with E-state index in [2.05, 4.69) is 77.9 Å². The van der Waals surface area contributed by atoms with Crippen molar-refractivity contribution in [3.05, 3.63) is 69.8 Å². The first-order valence-electron chi connectivity index (χ1n) is 9.76. The standard InChI is InChI=1S/2C9H11.2C4H10O.V/c2*1-7-4-8(2)6-9(3)5-7;2*1-4(2,3)5;/h2*4-5H,1-3H3;2*5H,1-3H3;/q2*-1;;;+2. The minimum absolute atomic E-state index is 0. The average Bonchev–Trinajstić information content (AvgIpc) is 2.30. The predicted molar refractivity (Wildman–Crippen MR) is 123 cm³/mol. The molecule has 0 aliphatic heterocycles. The fourth-order valence-corrected chi connectivity index (χ4v) is 2.22. The molecule has 1 radical (unpaired) electrons. The molecule has 163 valence electrons. The molecular formula is C26H42O2V. The largest absolute Gasteiger partial charge is 2.00 e. The molecule has 2 N–H and O–H groups in total. The van der Waals surface area contributed by atoms with E-state index >= 15 is 0 Å². The second-order valence-electron chi connectivity index (χ2n) is 9.39. The van der Waals surface area contributed by atoms with E-state index in [-0.39, 0.29) is 18.6 Å². The van der Waals surface area contributed by atoms with E-state index in [1.54, 1.807) is 41.5 Å². The van der Waals surface area contributed by atoms with Crippen LogP contribution in [-0.2, 0) is 18.6 Å². The van der Waals surface area contributed by atoms with E-state index in [1.165, 1.54) is 33.4 Å². The van der Waals surface area contributed by atoms with Crippen LogP contribution in [0.5, 0.6) is 0 Å². The Morgan fingerprint density at radius 1 is 0.517 bits per heavy atom. The summed E-state index contributed by atoms with van der Waals surface area (Å²) in [5.74, 6) is 0.